The average Bonchev–Trinajstić information content (AvgIpc) is 3.28. The van der Waals surface area contributed by atoms with Gasteiger partial charge >= 0.3 is 0 Å². The largest absolute Gasteiger partial charge is 0.376 e. The molecule has 1 aliphatic carbocycles. The Kier molecular flexibility index (Phi) is 3.54. The van der Waals surface area contributed by atoms with Crippen molar-refractivity contribution in [3.05, 3.63) is 42.1 Å². The number of aromatic nitrogens is 1. The first kappa shape index (κ1) is 13.7. The highest BCUT2D eigenvalue weighted by Gasteiger charge is 2.30. The van der Waals surface area contributed by atoms with Gasteiger partial charge in [0.15, 0.2) is 0 Å². The van der Waals surface area contributed by atoms with Crippen molar-refractivity contribution in [3.63, 3.8) is 0 Å². The highest BCUT2D eigenvalue weighted by molar-refractivity contribution is 5.95. The van der Waals surface area contributed by atoms with Crippen LogP contribution < -0.4 is 0 Å². The van der Waals surface area contributed by atoms with Crippen molar-refractivity contribution in [1.29, 1.82) is 0 Å². The molecule has 1 aliphatic heterocycles. The van der Waals surface area contributed by atoms with Gasteiger partial charge in [0.2, 0.25) is 0 Å². The van der Waals surface area contributed by atoms with Gasteiger partial charge in [-0.25, -0.2) is 4.98 Å². The molecular formula is C18H20N2O2. The second-order valence-corrected chi connectivity index (χ2v) is 6.33. The standard InChI is InChI=1S/C18H20N2O2/c21-18(17-8-7-14-3-1-2-4-16(14)19-17)20-10-9-15(11-20)22-12-13-5-6-13/h1-4,7-8,13,15H,5-6,9-12H2. The molecule has 4 rings (SSSR count). The van der Waals surface area contributed by atoms with Crippen LogP contribution in [-0.2, 0) is 4.74 Å². The van der Waals surface area contributed by atoms with E-state index in [2.05, 4.69) is 4.98 Å². The maximum Gasteiger partial charge on any atom is 0.272 e. The summed E-state index contributed by atoms with van der Waals surface area (Å²) in [5.74, 6) is 0.787. The Morgan fingerprint density at radius 3 is 2.91 bits per heavy atom. The summed E-state index contributed by atoms with van der Waals surface area (Å²) in [4.78, 5) is 19.0. The number of rotatable bonds is 4. The zero-order valence-corrected chi connectivity index (χ0v) is 12.6. The first-order valence-corrected chi connectivity index (χ1v) is 8.06. The van der Waals surface area contributed by atoms with Crippen LogP contribution in [0.3, 0.4) is 0 Å². The Morgan fingerprint density at radius 2 is 2.05 bits per heavy atom. The SMILES string of the molecule is O=C(c1ccc2ccccc2n1)N1CCC(OCC2CC2)C1. The van der Waals surface area contributed by atoms with Gasteiger partial charge in [-0.1, -0.05) is 24.3 Å². The molecule has 4 nitrogen and oxygen atoms in total. The van der Waals surface area contributed by atoms with Crippen molar-refractivity contribution in [2.75, 3.05) is 19.7 Å². The van der Waals surface area contributed by atoms with E-state index in [1.165, 1.54) is 12.8 Å². The third kappa shape index (κ3) is 2.83. The van der Waals surface area contributed by atoms with Gasteiger partial charge in [-0.05, 0) is 37.3 Å². The first-order valence-electron chi connectivity index (χ1n) is 8.06. The summed E-state index contributed by atoms with van der Waals surface area (Å²) in [5, 5.41) is 1.06. The van der Waals surface area contributed by atoms with Crippen LogP contribution in [0.5, 0.6) is 0 Å². The van der Waals surface area contributed by atoms with E-state index in [4.69, 9.17) is 4.74 Å². The normalized spacial score (nSPS) is 21.5. The summed E-state index contributed by atoms with van der Waals surface area (Å²) in [6.07, 6.45) is 3.74. The minimum absolute atomic E-state index is 0.0169. The average molecular weight is 296 g/mol. The molecule has 1 aromatic heterocycles. The van der Waals surface area contributed by atoms with Crippen LogP contribution in [-0.4, -0.2) is 41.6 Å². The maximum absolute atomic E-state index is 12.6. The molecule has 0 bridgehead atoms. The molecule has 2 heterocycles. The molecule has 1 saturated heterocycles. The van der Waals surface area contributed by atoms with Crippen LogP contribution in [0, 0.1) is 5.92 Å². The summed E-state index contributed by atoms with van der Waals surface area (Å²) in [6, 6.07) is 11.7. The van der Waals surface area contributed by atoms with E-state index in [0.717, 1.165) is 36.4 Å². The summed E-state index contributed by atoms with van der Waals surface area (Å²) in [7, 11) is 0. The topological polar surface area (TPSA) is 42.4 Å². The molecular weight excluding hydrogens is 276 g/mol. The van der Waals surface area contributed by atoms with Gasteiger partial charge in [0.05, 0.1) is 11.6 Å². The van der Waals surface area contributed by atoms with Crippen LogP contribution in [0.1, 0.15) is 29.8 Å². The molecule has 1 unspecified atom stereocenters. The van der Waals surface area contributed by atoms with Gasteiger partial charge in [0, 0.05) is 25.1 Å². The fourth-order valence-corrected chi connectivity index (χ4v) is 2.95. The Labute approximate surface area is 130 Å². The fraction of sp³-hybridized carbons (Fsp3) is 0.444. The molecule has 0 radical (unpaired) electrons. The lowest BCUT2D eigenvalue weighted by molar-refractivity contribution is 0.0479. The smallest absolute Gasteiger partial charge is 0.272 e. The van der Waals surface area contributed by atoms with Crippen molar-refractivity contribution >= 4 is 16.8 Å². The molecule has 22 heavy (non-hydrogen) atoms. The van der Waals surface area contributed by atoms with Crippen LogP contribution in [0.15, 0.2) is 36.4 Å². The Hall–Kier alpha value is -1.94. The van der Waals surface area contributed by atoms with Gasteiger partial charge in [0.1, 0.15) is 5.69 Å². The summed E-state index contributed by atoms with van der Waals surface area (Å²) in [6.45, 7) is 2.32. The van der Waals surface area contributed by atoms with Crippen LogP contribution >= 0.6 is 0 Å². The molecule has 114 valence electrons. The minimum Gasteiger partial charge on any atom is -0.376 e. The van der Waals surface area contributed by atoms with Crippen LogP contribution in [0.25, 0.3) is 10.9 Å². The monoisotopic (exact) mass is 296 g/mol. The first-order chi connectivity index (χ1) is 10.8. The van der Waals surface area contributed by atoms with Gasteiger partial charge in [0.25, 0.3) is 5.91 Å². The molecule has 1 amide bonds. The Balaban J connectivity index is 1.43. The highest BCUT2D eigenvalue weighted by atomic mass is 16.5. The van der Waals surface area contributed by atoms with E-state index < -0.39 is 0 Å². The molecule has 1 saturated carbocycles. The van der Waals surface area contributed by atoms with Crippen molar-refractivity contribution in [3.8, 4) is 0 Å². The number of pyridine rings is 1. The molecule has 0 N–H and O–H groups in total. The number of amides is 1. The molecule has 2 aliphatic rings. The van der Waals surface area contributed by atoms with Crippen molar-refractivity contribution in [1.82, 2.24) is 9.88 Å². The summed E-state index contributed by atoms with van der Waals surface area (Å²) < 4.78 is 5.90. The van der Waals surface area contributed by atoms with Crippen molar-refractivity contribution < 1.29 is 9.53 Å². The van der Waals surface area contributed by atoms with E-state index in [9.17, 15) is 4.79 Å². The van der Waals surface area contributed by atoms with Gasteiger partial charge in [-0.2, -0.15) is 0 Å². The number of fused-ring (bicyclic) bond motifs is 1. The summed E-state index contributed by atoms with van der Waals surface area (Å²) >= 11 is 0. The highest BCUT2D eigenvalue weighted by Crippen LogP contribution is 2.30. The molecule has 1 atom stereocenters. The molecule has 4 heteroatoms. The maximum atomic E-state index is 12.6. The van der Waals surface area contributed by atoms with Crippen molar-refractivity contribution in [2.45, 2.75) is 25.4 Å². The third-order valence-corrected chi connectivity index (χ3v) is 4.51. The Bertz CT molecular complexity index is 696. The predicted octanol–water partition coefficient (Wildman–Crippen LogP) is 2.88. The molecule has 0 spiro atoms. The number of hydrogen-bond acceptors (Lipinski definition) is 3. The van der Waals surface area contributed by atoms with E-state index in [0.29, 0.717) is 12.2 Å². The second kappa shape index (κ2) is 5.69. The van der Waals surface area contributed by atoms with E-state index in [-0.39, 0.29) is 12.0 Å². The van der Waals surface area contributed by atoms with E-state index >= 15 is 0 Å². The summed E-state index contributed by atoms with van der Waals surface area (Å²) in [5.41, 5.74) is 1.40. The number of hydrogen-bond donors (Lipinski definition) is 0. The lowest BCUT2D eigenvalue weighted by Crippen LogP contribution is -2.31. The van der Waals surface area contributed by atoms with Crippen LogP contribution in [0.2, 0.25) is 0 Å². The van der Waals surface area contributed by atoms with E-state index in [1.807, 2.05) is 41.3 Å². The van der Waals surface area contributed by atoms with Crippen molar-refractivity contribution in [2.24, 2.45) is 5.92 Å². The number of carbonyl (C=O) groups excluding carboxylic acids is 1. The number of ether oxygens (including phenoxy) is 1. The van der Waals surface area contributed by atoms with Gasteiger partial charge in [-0.3, -0.25) is 4.79 Å². The minimum atomic E-state index is 0.0169. The molecule has 1 aromatic carbocycles. The van der Waals surface area contributed by atoms with Gasteiger partial charge < -0.3 is 9.64 Å². The number of para-hydroxylation sites is 1. The number of likely N-dealkylation sites (tertiary alicyclic amines) is 1. The predicted molar refractivity (Wildman–Crippen MR) is 84.7 cm³/mol. The molecule has 2 fully saturated rings. The zero-order chi connectivity index (χ0) is 14.9. The van der Waals surface area contributed by atoms with E-state index in [1.54, 1.807) is 0 Å². The second-order valence-electron chi connectivity index (χ2n) is 6.33. The zero-order valence-electron chi connectivity index (χ0n) is 12.6. The molecule has 2 aromatic rings. The van der Waals surface area contributed by atoms with Crippen LogP contribution in [0.4, 0.5) is 0 Å². The number of nitrogens with zero attached hydrogens (tertiary/aromatic N) is 2. The third-order valence-electron chi connectivity index (χ3n) is 4.51. The van der Waals surface area contributed by atoms with Gasteiger partial charge in [-0.15, -0.1) is 0 Å². The Morgan fingerprint density at radius 1 is 1.18 bits per heavy atom. The fourth-order valence-electron chi connectivity index (χ4n) is 2.95. The number of carbonyl (C=O) groups is 1. The lowest BCUT2D eigenvalue weighted by Gasteiger charge is -2.16. The quantitative estimate of drug-likeness (QED) is 0.871. The number of benzene rings is 1. The lowest BCUT2D eigenvalue weighted by atomic mass is 10.2.